The van der Waals surface area contributed by atoms with E-state index in [-0.39, 0.29) is 0 Å². The van der Waals surface area contributed by atoms with Crippen LogP contribution < -0.4 is 9.47 Å². The van der Waals surface area contributed by atoms with Crippen molar-refractivity contribution in [1.82, 2.24) is 0 Å². The molecule has 0 amide bonds. The first-order valence-corrected chi connectivity index (χ1v) is 10.9. The van der Waals surface area contributed by atoms with Crippen LogP contribution in [0.15, 0.2) is 78.9 Å². The summed E-state index contributed by atoms with van der Waals surface area (Å²) < 4.78 is 16.5. The molecule has 33 heavy (non-hydrogen) atoms. The molecule has 170 valence electrons. The molecule has 0 fully saturated rings. The highest BCUT2D eigenvalue weighted by atomic mass is 16.5. The fourth-order valence-corrected chi connectivity index (χ4v) is 3.11. The Morgan fingerprint density at radius 2 is 1.55 bits per heavy atom. The summed E-state index contributed by atoms with van der Waals surface area (Å²) in [4.78, 5) is 11.0. The van der Waals surface area contributed by atoms with Crippen molar-refractivity contribution >= 4 is 5.97 Å². The summed E-state index contributed by atoms with van der Waals surface area (Å²) >= 11 is 0. The minimum Gasteiger partial charge on any atom is -0.494 e. The van der Waals surface area contributed by atoms with E-state index in [4.69, 9.17) is 19.3 Å². The Morgan fingerprint density at radius 3 is 2.21 bits per heavy atom. The first kappa shape index (κ1) is 23.9. The number of hydrogen-bond acceptors (Lipinski definition) is 4. The predicted molar refractivity (Wildman–Crippen MR) is 128 cm³/mol. The molecule has 0 aliphatic carbocycles. The summed E-state index contributed by atoms with van der Waals surface area (Å²) in [5.41, 5.74) is 1.82. The van der Waals surface area contributed by atoms with Crippen molar-refractivity contribution in [3.8, 4) is 29.1 Å². The summed E-state index contributed by atoms with van der Waals surface area (Å²) in [5, 5.41) is 9.06. The van der Waals surface area contributed by atoms with Gasteiger partial charge in [0.1, 0.15) is 17.2 Å². The van der Waals surface area contributed by atoms with Crippen molar-refractivity contribution in [3.05, 3.63) is 90.0 Å². The van der Waals surface area contributed by atoms with Gasteiger partial charge in [0.2, 0.25) is 0 Å². The van der Waals surface area contributed by atoms with E-state index in [2.05, 4.69) is 11.8 Å². The van der Waals surface area contributed by atoms with Crippen LogP contribution in [0.2, 0.25) is 0 Å². The molecule has 1 N–H and O–H groups in total. The monoisotopic (exact) mass is 444 g/mol. The summed E-state index contributed by atoms with van der Waals surface area (Å²) in [6.45, 7) is 0.638. The van der Waals surface area contributed by atoms with Gasteiger partial charge >= 0.3 is 5.97 Å². The van der Waals surface area contributed by atoms with E-state index in [1.54, 1.807) is 0 Å². The molecule has 1 unspecified atom stereocenters. The van der Waals surface area contributed by atoms with Gasteiger partial charge in [0, 0.05) is 25.5 Å². The molecule has 0 radical (unpaired) electrons. The number of aliphatic carboxylic acids is 1. The molecule has 0 saturated heterocycles. The molecular formula is C28H28O5. The lowest BCUT2D eigenvalue weighted by Crippen LogP contribution is -2.24. The van der Waals surface area contributed by atoms with Gasteiger partial charge in [-0.15, -0.1) is 0 Å². The molecule has 0 aromatic heterocycles. The number of methoxy groups -OCH3 is 1. The maximum absolute atomic E-state index is 11.0. The Labute approximate surface area is 194 Å². The zero-order valence-electron chi connectivity index (χ0n) is 18.7. The van der Waals surface area contributed by atoms with Gasteiger partial charge in [-0.05, 0) is 66.9 Å². The van der Waals surface area contributed by atoms with E-state index < -0.39 is 12.1 Å². The number of rotatable bonds is 11. The highest BCUT2D eigenvalue weighted by Crippen LogP contribution is 2.23. The Kier molecular flexibility index (Phi) is 9.38. The minimum atomic E-state index is -0.959. The molecule has 0 aliphatic heterocycles. The highest BCUT2D eigenvalue weighted by Gasteiger charge is 2.16. The minimum absolute atomic E-state index is 0.336. The van der Waals surface area contributed by atoms with Crippen LogP contribution >= 0.6 is 0 Å². The number of unbranched alkanes of at least 4 members (excludes halogenated alkanes) is 2. The lowest BCUT2D eigenvalue weighted by molar-refractivity contribution is -0.148. The molecule has 3 rings (SSSR count). The Balaban J connectivity index is 1.33. The molecule has 0 aliphatic rings. The number of carboxylic acids is 1. The van der Waals surface area contributed by atoms with Gasteiger partial charge in [-0.2, -0.15) is 0 Å². The fraction of sp³-hybridized carbons (Fsp3) is 0.250. The van der Waals surface area contributed by atoms with Crippen LogP contribution in [0.5, 0.6) is 17.2 Å². The van der Waals surface area contributed by atoms with E-state index in [0.717, 1.165) is 47.6 Å². The third kappa shape index (κ3) is 8.36. The molecule has 0 bridgehead atoms. The standard InChI is InChI=1S/C28H28O5/c1-31-27(28(29)30)21-23-14-12-22(13-15-23)9-5-2-3-8-20-32-24-16-18-26(19-17-24)33-25-10-6-4-7-11-25/h4,6-7,10-19,27H,2-3,8,20-21H2,1H3,(H,29,30). The fourth-order valence-electron chi connectivity index (χ4n) is 3.11. The Hall–Kier alpha value is -3.75. The topological polar surface area (TPSA) is 65.0 Å². The highest BCUT2D eigenvalue weighted by molar-refractivity contribution is 5.72. The third-order valence-electron chi connectivity index (χ3n) is 4.94. The zero-order valence-corrected chi connectivity index (χ0v) is 18.7. The van der Waals surface area contributed by atoms with Crippen molar-refractivity contribution in [2.75, 3.05) is 13.7 Å². The lowest BCUT2D eigenvalue weighted by atomic mass is 10.1. The molecular weight excluding hydrogens is 416 g/mol. The molecule has 3 aromatic rings. The average molecular weight is 445 g/mol. The first-order chi connectivity index (χ1) is 16.1. The summed E-state index contributed by atoms with van der Waals surface area (Å²) in [6, 6.07) is 24.9. The van der Waals surface area contributed by atoms with Gasteiger partial charge in [0.15, 0.2) is 6.10 Å². The number of para-hydroxylation sites is 1. The summed E-state index contributed by atoms with van der Waals surface area (Å²) in [5.74, 6) is 7.77. The van der Waals surface area contributed by atoms with E-state index in [0.29, 0.717) is 13.0 Å². The van der Waals surface area contributed by atoms with Crippen LogP contribution in [0, 0.1) is 11.8 Å². The second-order valence-corrected chi connectivity index (χ2v) is 7.46. The van der Waals surface area contributed by atoms with Gasteiger partial charge in [0.05, 0.1) is 6.61 Å². The maximum Gasteiger partial charge on any atom is 0.333 e. The van der Waals surface area contributed by atoms with Crippen LogP contribution in [0.1, 0.15) is 30.4 Å². The summed E-state index contributed by atoms with van der Waals surface area (Å²) in [6.07, 6.45) is 2.17. The molecule has 0 spiro atoms. The van der Waals surface area contributed by atoms with E-state index in [9.17, 15) is 4.79 Å². The number of carbonyl (C=O) groups is 1. The van der Waals surface area contributed by atoms with Crippen LogP contribution in [-0.4, -0.2) is 30.9 Å². The van der Waals surface area contributed by atoms with Gasteiger partial charge in [0.25, 0.3) is 0 Å². The molecule has 0 saturated carbocycles. The largest absolute Gasteiger partial charge is 0.494 e. The third-order valence-corrected chi connectivity index (χ3v) is 4.94. The molecule has 5 nitrogen and oxygen atoms in total. The zero-order chi connectivity index (χ0) is 23.3. The van der Waals surface area contributed by atoms with Crippen molar-refractivity contribution in [2.45, 2.75) is 31.8 Å². The van der Waals surface area contributed by atoms with Gasteiger partial charge in [-0.25, -0.2) is 4.79 Å². The number of ether oxygens (including phenoxy) is 3. The number of carboxylic acid groups (broad SMARTS) is 1. The molecule has 1 atom stereocenters. The normalized spacial score (nSPS) is 11.2. The maximum atomic E-state index is 11.0. The predicted octanol–water partition coefficient (Wildman–Crippen LogP) is 5.72. The quantitative estimate of drug-likeness (QED) is 0.303. The number of benzene rings is 3. The van der Waals surface area contributed by atoms with Crippen molar-refractivity contribution < 1.29 is 24.1 Å². The van der Waals surface area contributed by atoms with Crippen LogP contribution in [0.25, 0.3) is 0 Å². The van der Waals surface area contributed by atoms with Crippen molar-refractivity contribution in [1.29, 1.82) is 0 Å². The number of hydrogen-bond donors (Lipinski definition) is 1. The van der Waals surface area contributed by atoms with Crippen molar-refractivity contribution in [3.63, 3.8) is 0 Å². The molecule has 3 aromatic carbocycles. The van der Waals surface area contributed by atoms with Gasteiger partial charge in [-0.3, -0.25) is 0 Å². The SMILES string of the molecule is COC(Cc1ccc(C#CCCCCOc2ccc(Oc3ccccc3)cc2)cc1)C(=O)O. The Morgan fingerprint density at radius 1 is 0.879 bits per heavy atom. The summed E-state index contributed by atoms with van der Waals surface area (Å²) in [7, 11) is 1.40. The first-order valence-electron chi connectivity index (χ1n) is 10.9. The van der Waals surface area contributed by atoms with Gasteiger partial charge in [-0.1, -0.05) is 42.2 Å². The smallest absolute Gasteiger partial charge is 0.333 e. The molecule has 5 heteroatoms. The van der Waals surface area contributed by atoms with Crippen molar-refractivity contribution in [2.24, 2.45) is 0 Å². The van der Waals surface area contributed by atoms with Crippen LogP contribution in [-0.2, 0) is 16.0 Å². The van der Waals surface area contributed by atoms with E-state index in [1.807, 2.05) is 78.9 Å². The van der Waals surface area contributed by atoms with Crippen LogP contribution in [0.4, 0.5) is 0 Å². The molecule has 0 heterocycles. The Bertz CT molecular complexity index is 1050. The second kappa shape index (κ2) is 12.9. The van der Waals surface area contributed by atoms with E-state index in [1.165, 1.54) is 7.11 Å². The van der Waals surface area contributed by atoms with Gasteiger partial charge < -0.3 is 19.3 Å². The van der Waals surface area contributed by atoms with E-state index >= 15 is 0 Å². The average Bonchev–Trinajstić information content (AvgIpc) is 2.84. The second-order valence-electron chi connectivity index (χ2n) is 7.46. The van der Waals surface area contributed by atoms with Crippen LogP contribution in [0.3, 0.4) is 0 Å². The lowest BCUT2D eigenvalue weighted by Gasteiger charge is -2.10.